The molecule has 0 saturated carbocycles. The van der Waals surface area contributed by atoms with Gasteiger partial charge in [-0.3, -0.25) is 19.9 Å². The molecule has 0 fully saturated rings. The van der Waals surface area contributed by atoms with E-state index in [-0.39, 0.29) is 0 Å². The van der Waals surface area contributed by atoms with Gasteiger partial charge in [0.25, 0.3) is 6.54 Å². The van der Waals surface area contributed by atoms with Crippen molar-refractivity contribution in [2.45, 2.75) is 0 Å². The number of carbonyl (C=O) groups excluding carboxylic acids is 1. The molecule has 0 aliphatic rings. The molecule has 0 aliphatic carbocycles. The van der Waals surface area contributed by atoms with Gasteiger partial charge in [-0.15, -0.1) is 0 Å². The first-order valence-corrected chi connectivity index (χ1v) is 3.92. The van der Waals surface area contributed by atoms with Crippen LogP contribution in [0.3, 0.4) is 0 Å². The van der Waals surface area contributed by atoms with Gasteiger partial charge < -0.3 is 0 Å². The molecule has 0 aromatic heterocycles. The lowest BCUT2D eigenvalue weighted by Crippen LogP contribution is -2.14. The lowest BCUT2D eigenvalue weighted by molar-refractivity contribution is -0.466. The Morgan fingerprint density at radius 1 is 1.43 bits per heavy atom. The molecular formula is C9H8N2O3. The molecular weight excluding hydrogens is 184 g/mol. The highest BCUT2D eigenvalue weighted by Crippen LogP contribution is 2.07. The molecule has 1 rings (SSSR count). The lowest BCUT2D eigenvalue weighted by atomic mass is 10.3. The third kappa shape index (κ3) is 3.57. The monoisotopic (exact) mass is 192 g/mol. The average Bonchev–Trinajstić information content (AvgIpc) is 2.15. The van der Waals surface area contributed by atoms with Gasteiger partial charge in [0.2, 0.25) is 5.78 Å². The molecule has 0 spiro atoms. The highest BCUT2D eigenvalue weighted by molar-refractivity contribution is 6.28. The van der Waals surface area contributed by atoms with Crippen molar-refractivity contribution >= 4 is 17.7 Å². The standard InChI is InChI=1S/C9H8N2O3/c12-9(7-11(13)14)6-10-8-4-2-1-3-5-8/h1-6H,7H2. The van der Waals surface area contributed by atoms with Crippen molar-refractivity contribution in [1.82, 2.24) is 0 Å². The molecule has 5 heteroatoms. The van der Waals surface area contributed by atoms with Crippen LogP contribution >= 0.6 is 0 Å². The molecule has 1 aromatic rings. The summed E-state index contributed by atoms with van der Waals surface area (Å²) in [6.45, 7) is -0.712. The van der Waals surface area contributed by atoms with Crippen molar-refractivity contribution in [3.8, 4) is 0 Å². The second-order valence-corrected chi connectivity index (χ2v) is 2.55. The number of carbonyl (C=O) groups is 1. The maximum absolute atomic E-state index is 10.8. The number of rotatable bonds is 4. The Hall–Kier alpha value is -2.04. The van der Waals surface area contributed by atoms with Gasteiger partial charge in [-0.2, -0.15) is 0 Å². The Kier molecular flexibility index (Phi) is 3.49. The van der Waals surface area contributed by atoms with Crippen LogP contribution in [0.25, 0.3) is 0 Å². The van der Waals surface area contributed by atoms with Crippen LogP contribution in [0.2, 0.25) is 0 Å². The molecule has 72 valence electrons. The molecule has 0 atom stereocenters. The van der Waals surface area contributed by atoms with Gasteiger partial charge in [0.1, 0.15) is 0 Å². The molecule has 0 heterocycles. The number of ketones is 1. The van der Waals surface area contributed by atoms with E-state index < -0.39 is 17.3 Å². The molecule has 0 amide bonds. The normalized spacial score (nSPS) is 10.3. The largest absolute Gasteiger partial charge is 0.286 e. The van der Waals surface area contributed by atoms with Crippen LogP contribution < -0.4 is 0 Å². The number of hydrogen-bond acceptors (Lipinski definition) is 4. The van der Waals surface area contributed by atoms with E-state index in [2.05, 4.69) is 4.99 Å². The predicted octanol–water partition coefficient (Wildman–Crippen LogP) is 1.23. The first kappa shape index (κ1) is 10.0. The van der Waals surface area contributed by atoms with Crippen LogP contribution in [0, 0.1) is 10.1 Å². The van der Waals surface area contributed by atoms with E-state index in [1.807, 2.05) is 6.07 Å². The molecule has 5 nitrogen and oxygen atoms in total. The maximum Gasteiger partial charge on any atom is 0.266 e. The van der Waals surface area contributed by atoms with Gasteiger partial charge in [0, 0.05) is 4.92 Å². The number of aliphatic imine (C=N–C) groups is 1. The van der Waals surface area contributed by atoms with Crippen molar-refractivity contribution in [3.05, 3.63) is 40.4 Å². The summed E-state index contributed by atoms with van der Waals surface area (Å²) in [4.78, 5) is 23.9. The second kappa shape index (κ2) is 4.86. The quantitative estimate of drug-likeness (QED) is 0.409. The van der Waals surface area contributed by atoms with Crippen LogP contribution in [0.5, 0.6) is 0 Å². The number of nitrogens with zero attached hydrogens (tertiary/aromatic N) is 2. The zero-order valence-corrected chi connectivity index (χ0v) is 7.29. The zero-order chi connectivity index (χ0) is 10.4. The average molecular weight is 192 g/mol. The Morgan fingerprint density at radius 3 is 2.64 bits per heavy atom. The highest BCUT2D eigenvalue weighted by Gasteiger charge is 2.05. The molecule has 14 heavy (non-hydrogen) atoms. The van der Waals surface area contributed by atoms with Crippen LogP contribution in [-0.2, 0) is 4.79 Å². The van der Waals surface area contributed by atoms with E-state index in [4.69, 9.17) is 0 Å². The minimum absolute atomic E-state index is 0.601. The lowest BCUT2D eigenvalue weighted by Gasteiger charge is -1.89. The first-order chi connectivity index (χ1) is 6.68. The first-order valence-electron chi connectivity index (χ1n) is 3.92. The van der Waals surface area contributed by atoms with Crippen molar-refractivity contribution in [3.63, 3.8) is 0 Å². The van der Waals surface area contributed by atoms with Crippen molar-refractivity contribution in [2.75, 3.05) is 6.54 Å². The van der Waals surface area contributed by atoms with Crippen LogP contribution in [0.4, 0.5) is 5.69 Å². The van der Waals surface area contributed by atoms with Gasteiger partial charge in [0.05, 0.1) is 11.9 Å². The number of benzene rings is 1. The Balaban J connectivity index is 2.56. The summed E-state index contributed by atoms with van der Waals surface area (Å²) >= 11 is 0. The molecule has 0 radical (unpaired) electrons. The van der Waals surface area contributed by atoms with Crippen LogP contribution in [0.15, 0.2) is 35.3 Å². The summed E-state index contributed by atoms with van der Waals surface area (Å²) in [7, 11) is 0. The number of para-hydroxylation sites is 1. The van der Waals surface area contributed by atoms with E-state index in [1.165, 1.54) is 0 Å². The summed E-state index contributed by atoms with van der Waals surface area (Å²) in [6.07, 6.45) is 0.970. The SMILES string of the molecule is O=C(C=Nc1ccccc1)C[N+](=O)[O-]. The minimum atomic E-state index is -0.712. The molecule has 0 aliphatic heterocycles. The molecule has 1 aromatic carbocycles. The highest BCUT2D eigenvalue weighted by atomic mass is 16.6. The van der Waals surface area contributed by atoms with Gasteiger partial charge >= 0.3 is 0 Å². The Labute approximate surface area is 80.2 Å². The smallest absolute Gasteiger partial charge is 0.266 e. The fraction of sp³-hybridized carbons (Fsp3) is 0.111. The van der Waals surface area contributed by atoms with Gasteiger partial charge in [-0.1, -0.05) is 18.2 Å². The number of hydrogen-bond donors (Lipinski definition) is 0. The van der Waals surface area contributed by atoms with Crippen molar-refractivity contribution in [1.29, 1.82) is 0 Å². The number of Topliss-reactive ketones (excluding diaryl/α,β-unsaturated/α-hetero) is 1. The minimum Gasteiger partial charge on any atom is -0.286 e. The van der Waals surface area contributed by atoms with Gasteiger partial charge in [-0.25, -0.2) is 0 Å². The van der Waals surface area contributed by atoms with E-state index in [9.17, 15) is 14.9 Å². The van der Waals surface area contributed by atoms with E-state index in [0.717, 1.165) is 6.21 Å². The van der Waals surface area contributed by atoms with Crippen LogP contribution in [-0.4, -0.2) is 23.5 Å². The molecule has 0 bridgehead atoms. The van der Waals surface area contributed by atoms with E-state index >= 15 is 0 Å². The maximum atomic E-state index is 10.8. The summed E-state index contributed by atoms with van der Waals surface area (Å²) in [5.74, 6) is -0.612. The summed E-state index contributed by atoms with van der Waals surface area (Å²) in [5.41, 5.74) is 0.601. The summed E-state index contributed by atoms with van der Waals surface area (Å²) < 4.78 is 0. The fourth-order valence-electron chi connectivity index (χ4n) is 0.829. The summed E-state index contributed by atoms with van der Waals surface area (Å²) in [5, 5.41) is 9.94. The fourth-order valence-corrected chi connectivity index (χ4v) is 0.829. The molecule has 0 saturated heterocycles. The third-order valence-corrected chi connectivity index (χ3v) is 1.40. The number of nitro groups is 1. The second-order valence-electron chi connectivity index (χ2n) is 2.55. The summed E-state index contributed by atoms with van der Waals surface area (Å²) in [6, 6.07) is 8.76. The van der Waals surface area contributed by atoms with E-state index in [1.54, 1.807) is 24.3 Å². The third-order valence-electron chi connectivity index (χ3n) is 1.40. The van der Waals surface area contributed by atoms with Crippen molar-refractivity contribution < 1.29 is 9.72 Å². The predicted molar refractivity (Wildman–Crippen MR) is 51.5 cm³/mol. The molecule has 0 unspecified atom stereocenters. The zero-order valence-electron chi connectivity index (χ0n) is 7.29. The van der Waals surface area contributed by atoms with Crippen molar-refractivity contribution in [2.24, 2.45) is 4.99 Å². The Bertz CT molecular complexity index is 360. The van der Waals surface area contributed by atoms with Gasteiger partial charge in [0.15, 0.2) is 0 Å². The van der Waals surface area contributed by atoms with Gasteiger partial charge in [-0.05, 0) is 12.1 Å². The Morgan fingerprint density at radius 2 is 2.07 bits per heavy atom. The van der Waals surface area contributed by atoms with E-state index in [0.29, 0.717) is 5.69 Å². The molecule has 0 N–H and O–H groups in total. The van der Waals surface area contributed by atoms with Crippen LogP contribution in [0.1, 0.15) is 0 Å². The topological polar surface area (TPSA) is 72.6 Å².